The van der Waals surface area contributed by atoms with Gasteiger partial charge in [0.15, 0.2) is 0 Å². The molecule has 0 radical (unpaired) electrons. The highest BCUT2D eigenvalue weighted by atomic mass is 32.2. The number of likely N-dealkylation sites (N-methyl/N-ethyl adjacent to an activating group) is 1. The summed E-state index contributed by atoms with van der Waals surface area (Å²) in [6.07, 6.45) is 3.52. The number of carbonyl (C=O) groups excluding carboxylic acids is 1. The van der Waals surface area contributed by atoms with E-state index in [0.29, 0.717) is 6.54 Å². The van der Waals surface area contributed by atoms with Crippen molar-refractivity contribution in [3.05, 3.63) is 30.1 Å². The van der Waals surface area contributed by atoms with E-state index in [1.807, 2.05) is 24.0 Å². The summed E-state index contributed by atoms with van der Waals surface area (Å²) in [5.41, 5.74) is 1.13. The first kappa shape index (κ1) is 12.4. The predicted octanol–water partition coefficient (Wildman–Crippen LogP) is 1.09. The van der Waals surface area contributed by atoms with Crippen LogP contribution in [0.1, 0.15) is 12.5 Å². The second-order valence-electron chi connectivity index (χ2n) is 3.98. The van der Waals surface area contributed by atoms with Crippen molar-refractivity contribution in [2.45, 2.75) is 19.5 Å². The minimum atomic E-state index is -0.0122. The largest absolute Gasteiger partial charge is 0.337 e. The van der Waals surface area contributed by atoms with E-state index in [-0.39, 0.29) is 11.9 Å². The van der Waals surface area contributed by atoms with Gasteiger partial charge in [0.25, 0.3) is 0 Å². The third kappa shape index (κ3) is 3.20. The lowest BCUT2D eigenvalue weighted by atomic mass is 10.2. The summed E-state index contributed by atoms with van der Waals surface area (Å²) in [5.74, 6) is 1.96. The SMILES string of the molecule is CCN(Cc1ccncc1)C(=O)C1CSCN1. The van der Waals surface area contributed by atoms with Gasteiger partial charge < -0.3 is 4.90 Å². The maximum Gasteiger partial charge on any atom is 0.240 e. The lowest BCUT2D eigenvalue weighted by Gasteiger charge is -2.24. The second kappa shape index (κ2) is 6.02. The predicted molar refractivity (Wildman–Crippen MR) is 69.6 cm³/mol. The number of aromatic nitrogens is 1. The molecule has 1 aromatic rings. The maximum absolute atomic E-state index is 12.2. The smallest absolute Gasteiger partial charge is 0.240 e. The zero-order valence-electron chi connectivity index (χ0n) is 9.93. The summed E-state index contributed by atoms with van der Waals surface area (Å²) in [4.78, 5) is 18.1. The Morgan fingerprint density at radius 2 is 2.35 bits per heavy atom. The maximum atomic E-state index is 12.2. The van der Waals surface area contributed by atoms with E-state index < -0.39 is 0 Å². The molecule has 1 unspecified atom stereocenters. The summed E-state index contributed by atoms with van der Waals surface area (Å²) in [5, 5.41) is 3.22. The second-order valence-corrected chi connectivity index (χ2v) is 5.01. The third-order valence-corrected chi connectivity index (χ3v) is 3.77. The Balaban J connectivity index is 1.98. The molecule has 2 heterocycles. The fraction of sp³-hybridized carbons (Fsp3) is 0.500. The van der Waals surface area contributed by atoms with E-state index in [2.05, 4.69) is 10.3 Å². The van der Waals surface area contributed by atoms with Gasteiger partial charge in [0.05, 0.1) is 6.04 Å². The van der Waals surface area contributed by atoms with Crippen LogP contribution in [-0.2, 0) is 11.3 Å². The molecule has 4 nitrogen and oxygen atoms in total. The molecule has 1 aliphatic heterocycles. The summed E-state index contributed by atoms with van der Waals surface area (Å²) < 4.78 is 0. The molecule has 17 heavy (non-hydrogen) atoms. The Morgan fingerprint density at radius 1 is 1.59 bits per heavy atom. The van der Waals surface area contributed by atoms with Crippen LogP contribution in [0, 0.1) is 0 Å². The Hall–Kier alpha value is -1.07. The van der Waals surface area contributed by atoms with Gasteiger partial charge in [-0.2, -0.15) is 0 Å². The number of carbonyl (C=O) groups is 1. The van der Waals surface area contributed by atoms with Gasteiger partial charge in [-0.25, -0.2) is 0 Å². The van der Waals surface area contributed by atoms with Crippen LogP contribution in [0.3, 0.4) is 0 Å². The summed E-state index contributed by atoms with van der Waals surface area (Å²) in [6.45, 7) is 3.42. The Bertz CT molecular complexity index is 365. The standard InChI is InChI=1S/C12H17N3OS/c1-2-15(7-10-3-5-13-6-4-10)12(16)11-8-17-9-14-11/h3-6,11,14H,2,7-9H2,1H3. The van der Waals surface area contributed by atoms with E-state index >= 15 is 0 Å². The van der Waals surface area contributed by atoms with Gasteiger partial charge in [-0.15, -0.1) is 11.8 Å². The number of hydrogen-bond acceptors (Lipinski definition) is 4. The lowest BCUT2D eigenvalue weighted by Crippen LogP contribution is -2.44. The van der Waals surface area contributed by atoms with Gasteiger partial charge in [0.2, 0.25) is 5.91 Å². The minimum Gasteiger partial charge on any atom is -0.337 e. The van der Waals surface area contributed by atoms with Gasteiger partial charge in [-0.1, -0.05) is 0 Å². The first-order valence-electron chi connectivity index (χ1n) is 5.80. The van der Waals surface area contributed by atoms with Gasteiger partial charge in [-0.05, 0) is 24.6 Å². The molecule has 1 N–H and O–H groups in total. The molecule has 1 aromatic heterocycles. The zero-order chi connectivity index (χ0) is 12.1. The first-order chi connectivity index (χ1) is 8.31. The number of pyridine rings is 1. The molecule has 1 atom stereocenters. The van der Waals surface area contributed by atoms with Gasteiger partial charge >= 0.3 is 0 Å². The molecule has 1 fully saturated rings. The molecule has 1 amide bonds. The molecule has 0 aliphatic carbocycles. The summed E-state index contributed by atoms with van der Waals surface area (Å²) >= 11 is 1.78. The van der Waals surface area contributed by atoms with Crippen molar-refractivity contribution in [2.75, 3.05) is 18.2 Å². The third-order valence-electron chi connectivity index (χ3n) is 2.83. The number of amides is 1. The van der Waals surface area contributed by atoms with Crippen LogP contribution in [0.5, 0.6) is 0 Å². The van der Waals surface area contributed by atoms with Gasteiger partial charge in [0.1, 0.15) is 0 Å². The van der Waals surface area contributed by atoms with Crippen LogP contribution in [0.2, 0.25) is 0 Å². The number of nitrogens with one attached hydrogen (secondary N) is 1. The molecule has 0 aromatic carbocycles. The van der Waals surface area contributed by atoms with Crippen LogP contribution in [0.15, 0.2) is 24.5 Å². The lowest BCUT2D eigenvalue weighted by molar-refractivity contribution is -0.133. The van der Waals surface area contributed by atoms with Crippen LogP contribution < -0.4 is 5.32 Å². The molecule has 1 saturated heterocycles. The van der Waals surface area contributed by atoms with E-state index in [4.69, 9.17) is 0 Å². The molecule has 5 heteroatoms. The van der Waals surface area contributed by atoms with Crippen LogP contribution in [0.4, 0.5) is 0 Å². The molecular formula is C12H17N3OS. The highest BCUT2D eigenvalue weighted by Crippen LogP contribution is 2.13. The van der Waals surface area contributed by atoms with Crippen molar-refractivity contribution in [1.29, 1.82) is 0 Å². The molecular weight excluding hydrogens is 234 g/mol. The number of hydrogen-bond donors (Lipinski definition) is 1. The zero-order valence-corrected chi connectivity index (χ0v) is 10.7. The number of nitrogens with zero attached hydrogens (tertiary/aromatic N) is 2. The van der Waals surface area contributed by atoms with Crippen molar-refractivity contribution in [1.82, 2.24) is 15.2 Å². The fourth-order valence-electron chi connectivity index (χ4n) is 1.83. The monoisotopic (exact) mass is 251 g/mol. The fourth-order valence-corrected chi connectivity index (χ4v) is 2.76. The van der Waals surface area contributed by atoms with Crippen molar-refractivity contribution in [3.63, 3.8) is 0 Å². The Labute approximate surface area is 106 Å². The van der Waals surface area contributed by atoms with Crippen molar-refractivity contribution in [2.24, 2.45) is 0 Å². The molecule has 92 valence electrons. The topological polar surface area (TPSA) is 45.2 Å². The summed E-state index contributed by atoms with van der Waals surface area (Å²) in [7, 11) is 0. The quantitative estimate of drug-likeness (QED) is 0.870. The highest BCUT2D eigenvalue weighted by Gasteiger charge is 2.26. The number of rotatable bonds is 4. The molecule has 0 saturated carbocycles. The van der Waals surface area contributed by atoms with Crippen LogP contribution >= 0.6 is 11.8 Å². The van der Waals surface area contributed by atoms with Crippen molar-refractivity contribution < 1.29 is 4.79 Å². The normalized spacial score (nSPS) is 19.2. The van der Waals surface area contributed by atoms with Crippen molar-refractivity contribution >= 4 is 17.7 Å². The van der Waals surface area contributed by atoms with E-state index in [1.165, 1.54) is 0 Å². The van der Waals surface area contributed by atoms with E-state index in [9.17, 15) is 4.79 Å². The van der Waals surface area contributed by atoms with E-state index in [1.54, 1.807) is 24.2 Å². The Morgan fingerprint density at radius 3 is 2.94 bits per heavy atom. The minimum absolute atomic E-state index is 0.0122. The van der Waals surface area contributed by atoms with Crippen LogP contribution in [-0.4, -0.2) is 40.0 Å². The van der Waals surface area contributed by atoms with E-state index in [0.717, 1.165) is 23.7 Å². The average Bonchev–Trinajstić information content (AvgIpc) is 2.90. The molecule has 1 aliphatic rings. The van der Waals surface area contributed by atoms with Gasteiger partial charge in [-0.3, -0.25) is 15.1 Å². The van der Waals surface area contributed by atoms with Crippen molar-refractivity contribution in [3.8, 4) is 0 Å². The summed E-state index contributed by atoms with van der Waals surface area (Å²) in [6, 6.07) is 3.89. The average molecular weight is 251 g/mol. The molecule has 0 spiro atoms. The van der Waals surface area contributed by atoms with Gasteiger partial charge in [0, 0.05) is 37.1 Å². The molecule has 0 bridgehead atoms. The van der Waals surface area contributed by atoms with Crippen LogP contribution in [0.25, 0.3) is 0 Å². The highest BCUT2D eigenvalue weighted by molar-refractivity contribution is 7.99. The number of thioether (sulfide) groups is 1. The first-order valence-corrected chi connectivity index (χ1v) is 6.95. The Kier molecular flexibility index (Phi) is 4.39. The molecule has 2 rings (SSSR count).